The van der Waals surface area contributed by atoms with E-state index >= 15 is 0 Å². The second-order valence-electron chi connectivity index (χ2n) is 5.30. The summed E-state index contributed by atoms with van der Waals surface area (Å²) < 4.78 is 0. The molecule has 2 unspecified atom stereocenters. The lowest BCUT2D eigenvalue weighted by molar-refractivity contribution is -0.132. The van der Waals surface area contributed by atoms with Crippen LogP contribution in [0.1, 0.15) is 52.4 Å². The molecule has 1 fully saturated rings. The van der Waals surface area contributed by atoms with Crippen LogP contribution >= 0.6 is 0 Å². The van der Waals surface area contributed by atoms with E-state index in [4.69, 9.17) is 5.73 Å². The smallest absolute Gasteiger partial charge is 0.222 e. The molecule has 1 amide bonds. The minimum atomic E-state index is 0.319. The Morgan fingerprint density at radius 3 is 2.71 bits per heavy atom. The van der Waals surface area contributed by atoms with Gasteiger partial charge >= 0.3 is 0 Å². The molecule has 0 aromatic rings. The standard InChI is InChI=1S/C14H28N2O/c1-3-12-6-5-8-16(9-7-12)14(17)10-13(4-2)11-15/h12-13H,3-11,15H2,1-2H3. The number of rotatable bonds is 5. The van der Waals surface area contributed by atoms with Gasteiger partial charge in [-0.15, -0.1) is 0 Å². The van der Waals surface area contributed by atoms with Crippen LogP contribution in [-0.4, -0.2) is 30.4 Å². The highest BCUT2D eigenvalue weighted by Crippen LogP contribution is 2.21. The van der Waals surface area contributed by atoms with E-state index in [2.05, 4.69) is 18.7 Å². The molecule has 2 N–H and O–H groups in total. The summed E-state index contributed by atoms with van der Waals surface area (Å²) in [6.45, 7) is 6.91. The highest BCUT2D eigenvalue weighted by Gasteiger charge is 2.21. The molecule has 100 valence electrons. The molecule has 0 bridgehead atoms. The van der Waals surface area contributed by atoms with Crippen LogP contribution in [0.15, 0.2) is 0 Å². The number of nitrogens with two attached hydrogens (primary N) is 1. The van der Waals surface area contributed by atoms with Gasteiger partial charge in [0.05, 0.1) is 0 Å². The molecule has 2 atom stereocenters. The van der Waals surface area contributed by atoms with E-state index in [1.807, 2.05) is 0 Å². The Bertz CT molecular complexity index is 226. The third kappa shape index (κ3) is 4.66. The summed E-state index contributed by atoms with van der Waals surface area (Å²) in [6, 6.07) is 0. The van der Waals surface area contributed by atoms with E-state index in [1.54, 1.807) is 0 Å². The molecule has 0 aromatic heterocycles. The first kappa shape index (κ1) is 14.5. The first-order valence-corrected chi connectivity index (χ1v) is 7.19. The first-order chi connectivity index (χ1) is 8.21. The van der Waals surface area contributed by atoms with Crippen molar-refractivity contribution >= 4 is 5.91 Å². The van der Waals surface area contributed by atoms with E-state index < -0.39 is 0 Å². The average Bonchev–Trinajstić information content (AvgIpc) is 2.60. The zero-order chi connectivity index (χ0) is 12.7. The van der Waals surface area contributed by atoms with E-state index in [0.717, 1.165) is 25.4 Å². The molecule has 1 aliphatic rings. The summed E-state index contributed by atoms with van der Waals surface area (Å²) in [6.07, 6.45) is 6.54. The third-order valence-electron chi connectivity index (χ3n) is 4.15. The number of carbonyl (C=O) groups excluding carboxylic acids is 1. The number of hydrogen-bond acceptors (Lipinski definition) is 2. The van der Waals surface area contributed by atoms with Crippen LogP contribution in [0.25, 0.3) is 0 Å². The maximum Gasteiger partial charge on any atom is 0.222 e. The lowest BCUT2D eigenvalue weighted by Gasteiger charge is -2.23. The van der Waals surface area contributed by atoms with Gasteiger partial charge in [0.2, 0.25) is 5.91 Å². The highest BCUT2D eigenvalue weighted by molar-refractivity contribution is 5.76. The fraction of sp³-hybridized carbons (Fsp3) is 0.929. The summed E-state index contributed by atoms with van der Waals surface area (Å²) in [5, 5.41) is 0. The van der Waals surface area contributed by atoms with Gasteiger partial charge in [-0.1, -0.05) is 26.7 Å². The van der Waals surface area contributed by atoms with Crippen molar-refractivity contribution in [1.29, 1.82) is 0 Å². The monoisotopic (exact) mass is 240 g/mol. The highest BCUT2D eigenvalue weighted by atomic mass is 16.2. The Morgan fingerprint density at radius 1 is 1.35 bits per heavy atom. The normalized spacial score (nSPS) is 23.2. The number of likely N-dealkylation sites (tertiary alicyclic amines) is 1. The molecule has 0 saturated carbocycles. The molecule has 3 nitrogen and oxygen atoms in total. The van der Waals surface area contributed by atoms with Crippen LogP contribution in [0.4, 0.5) is 0 Å². The van der Waals surface area contributed by atoms with Crippen LogP contribution in [0.3, 0.4) is 0 Å². The van der Waals surface area contributed by atoms with E-state index in [-0.39, 0.29) is 0 Å². The predicted molar refractivity (Wildman–Crippen MR) is 71.7 cm³/mol. The molecular formula is C14H28N2O. The molecule has 1 saturated heterocycles. The van der Waals surface area contributed by atoms with Crippen molar-refractivity contribution in [2.24, 2.45) is 17.6 Å². The second-order valence-corrected chi connectivity index (χ2v) is 5.30. The van der Waals surface area contributed by atoms with Gasteiger partial charge in [-0.25, -0.2) is 0 Å². The molecule has 17 heavy (non-hydrogen) atoms. The molecule has 3 heteroatoms. The number of amides is 1. The van der Waals surface area contributed by atoms with Crippen molar-refractivity contribution in [2.75, 3.05) is 19.6 Å². The van der Waals surface area contributed by atoms with Crippen LogP contribution in [0.2, 0.25) is 0 Å². The largest absolute Gasteiger partial charge is 0.343 e. The van der Waals surface area contributed by atoms with Crippen molar-refractivity contribution in [3.63, 3.8) is 0 Å². The van der Waals surface area contributed by atoms with Crippen LogP contribution in [-0.2, 0) is 4.79 Å². The molecule has 0 aromatic carbocycles. The predicted octanol–water partition coefficient (Wildman–Crippen LogP) is 2.40. The Hall–Kier alpha value is -0.570. The van der Waals surface area contributed by atoms with Gasteiger partial charge in [-0.05, 0) is 37.6 Å². The fourth-order valence-electron chi connectivity index (χ4n) is 2.59. The maximum atomic E-state index is 12.1. The topological polar surface area (TPSA) is 46.3 Å². The van der Waals surface area contributed by atoms with Gasteiger partial charge in [0, 0.05) is 19.5 Å². The second kappa shape index (κ2) is 7.70. The van der Waals surface area contributed by atoms with Gasteiger partial charge in [-0.3, -0.25) is 4.79 Å². The quantitative estimate of drug-likeness (QED) is 0.802. The van der Waals surface area contributed by atoms with Crippen molar-refractivity contribution in [1.82, 2.24) is 4.90 Å². The Labute approximate surface area is 106 Å². The summed E-state index contributed by atoms with van der Waals surface area (Å²) >= 11 is 0. The first-order valence-electron chi connectivity index (χ1n) is 7.19. The van der Waals surface area contributed by atoms with Crippen molar-refractivity contribution in [3.8, 4) is 0 Å². The maximum absolute atomic E-state index is 12.1. The summed E-state index contributed by atoms with van der Waals surface area (Å²) in [4.78, 5) is 14.2. The van der Waals surface area contributed by atoms with Crippen LogP contribution in [0, 0.1) is 11.8 Å². The number of nitrogens with zero attached hydrogens (tertiary/aromatic N) is 1. The molecule has 1 rings (SSSR count). The molecular weight excluding hydrogens is 212 g/mol. The Kier molecular flexibility index (Phi) is 6.56. The van der Waals surface area contributed by atoms with E-state index in [9.17, 15) is 4.79 Å². The third-order valence-corrected chi connectivity index (χ3v) is 4.15. The molecule has 1 aliphatic heterocycles. The lowest BCUT2D eigenvalue weighted by Crippen LogP contribution is -2.34. The van der Waals surface area contributed by atoms with Gasteiger partial charge in [0.1, 0.15) is 0 Å². The fourth-order valence-corrected chi connectivity index (χ4v) is 2.59. The number of hydrogen-bond donors (Lipinski definition) is 1. The van der Waals surface area contributed by atoms with Crippen LogP contribution < -0.4 is 5.73 Å². The van der Waals surface area contributed by atoms with E-state index in [1.165, 1.54) is 25.7 Å². The van der Waals surface area contributed by atoms with Gasteiger partial charge in [-0.2, -0.15) is 0 Å². The Morgan fingerprint density at radius 2 is 2.12 bits per heavy atom. The summed E-state index contributed by atoms with van der Waals surface area (Å²) in [5.74, 6) is 1.51. The SMILES string of the molecule is CCC1CCCN(C(=O)CC(CC)CN)CC1. The van der Waals surface area contributed by atoms with Crippen LogP contribution in [0.5, 0.6) is 0 Å². The van der Waals surface area contributed by atoms with Gasteiger partial charge < -0.3 is 10.6 Å². The van der Waals surface area contributed by atoms with Gasteiger partial charge in [0.15, 0.2) is 0 Å². The van der Waals surface area contributed by atoms with Crippen molar-refractivity contribution < 1.29 is 4.79 Å². The lowest BCUT2D eigenvalue weighted by atomic mass is 9.98. The molecule has 0 radical (unpaired) electrons. The number of carbonyl (C=O) groups is 1. The molecule has 0 spiro atoms. The zero-order valence-electron chi connectivity index (χ0n) is 11.5. The van der Waals surface area contributed by atoms with Gasteiger partial charge in [0.25, 0.3) is 0 Å². The molecule has 0 aliphatic carbocycles. The minimum absolute atomic E-state index is 0.319. The zero-order valence-corrected chi connectivity index (χ0v) is 11.5. The van der Waals surface area contributed by atoms with Crippen molar-refractivity contribution in [3.05, 3.63) is 0 Å². The summed E-state index contributed by atoms with van der Waals surface area (Å²) in [7, 11) is 0. The minimum Gasteiger partial charge on any atom is -0.343 e. The average molecular weight is 240 g/mol. The Balaban J connectivity index is 2.41. The summed E-state index contributed by atoms with van der Waals surface area (Å²) in [5.41, 5.74) is 5.66. The van der Waals surface area contributed by atoms with Crippen molar-refractivity contribution in [2.45, 2.75) is 52.4 Å². The van der Waals surface area contributed by atoms with E-state index in [0.29, 0.717) is 24.8 Å². The molecule has 1 heterocycles.